The molecule has 0 aliphatic heterocycles. The van der Waals surface area contributed by atoms with Crippen molar-refractivity contribution in [1.29, 1.82) is 0 Å². The summed E-state index contributed by atoms with van der Waals surface area (Å²) in [7, 11) is 1.47. The molecule has 1 aromatic carbocycles. The summed E-state index contributed by atoms with van der Waals surface area (Å²) in [5, 5.41) is 0. The van der Waals surface area contributed by atoms with Crippen LogP contribution in [0.2, 0.25) is 0 Å². The first kappa shape index (κ1) is 11.4. The predicted octanol–water partition coefficient (Wildman–Crippen LogP) is 2.53. The predicted molar refractivity (Wildman–Crippen MR) is 62.0 cm³/mol. The summed E-state index contributed by atoms with van der Waals surface area (Å²) >= 11 is 0. The standard InChI is InChI=1S/C13H18FNO/c1-13(2)9(7-15)12(13)8-4-5-11(16-3)10(14)6-8/h4-6,9,12H,7,15H2,1-3H3/t9-,12-/m0/s1. The van der Waals surface area contributed by atoms with Crippen molar-refractivity contribution >= 4 is 0 Å². The SMILES string of the molecule is COc1ccc([C@H]2[C@H](CN)C2(C)C)cc1F. The number of methoxy groups -OCH3 is 1. The van der Waals surface area contributed by atoms with Crippen LogP contribution in [-0.4, -0.2) is 13.7 Å². The summed E-state index contributed by atoms with van der Waals surface area (Å²) in [6, 6.07) is 5.19. The molecule has 1 aliphatic rings. The molecular formula is C13H18FNO. The molecule has 2 rings (SSSR count). The minimum Gasteiger partial charge on any atom is -0.494 e. The first-order valence-corrected chi connectivity index (χ1v) is 5.56. The molecule has 3 heteroatoms. The molecule has 1 saturated carbocycles. The molecule has 0 spiro atoms. The van der Waals surface area contributed by atoms with Gasteiger partial charge in [0.2, 0.25) is 0 Å². The van der Waals surface area contributed by atoms with Crippen molar-refractivity contribution < 1.29 is 9.13 Å². The molecule has 2 atom stereocenters. The second kappa shape index (κ2) is 3.74. The quantitative estimate of drug-likeness (QED) is 0.854. The van der Waals surface area contributed by atoms with Gasteiger partial charge >= 0.3 is 0 Å². The third-order valence-corrected chi connectivity index (χ3v) is 3.84. The van der Waals surface area contributed by atoms with Gasteiger partial charge in [-0.05, 0) is 41.5 Å². The van der Waals surface area contributed by atoms with Crippen molar-refractivity contribution in [1.82, 2.24) is 0 Å². The van der Waals surface area contributed by atoms with Crippen LogP contribution < -0.4 is 10.5 Å². The maximum Gasteiger partial charge on any atom is 0.165 e. The first-order valence-electron chi connectivity index (χ1n) is 5.56. The molecule has 0 unspecified atom stereocenters. The monoisotopic (exact) mass is 223 g/mol. The molecular weight excluding hydrogens is 205 g/mol. The van der Waals surface area contributed by atoms with Gasteiger partial charge in [0.05, 0.1) is 7.11 Å². The number of rotatable bonds is 3. The molecule has 1 fully saturated rings. The van der Waals surface area contributed by atoms with Gasteiger partial charge < -0.3 is 10.5 Å². The highest BCUT2D eigenvalue weighted by Crippen LogP contribution is 2.63. The number of benzene rings is 1. The van der Waals surface area contributed by atoms with Crippen LogP contribution in [0.1, 0.15) is 25.3 Å². The van der Waals surface area contributed by atoms with E-state index in [-0.39, 0.29) is 11.2 Å². The van der Waals surface area contributed by atoms with Gasteiger partial charge in [-0.3, -0.25) is 0 Å². The van der Waals surface area contributed by atoms with Crippen molar-refractivity contribution in [3.8, 4) is 5.75 Å². The Morgan fingerprint density at radius 2 is 2.12 bits per heavy atom. The zero-order chi connectivity index (χ0) is 11.9. The molecule has 0 bridgehead atoms. The minimum atomic E-state index is -0.293. The summed E-state index contributed by atoms with van der Waals surface area (Å²) in [6.45, 7) is 5.01. The largest absolute Gasteiger partial charge is 0.494 e. The molecule has 0 aromatic heterocycles. The highest BCUT2D eigenvalue weighted by molar-refractivity contribution is 5.37. The fourth-order valence-corrected chi connectivity index (χ4v) is 2.72. The Hall–Kier alpha value is -1.09. The van der Waals surface area contributed by atoms with Gasteiger partial charge in [-0.15, -0.1) is 0 Å². The lowest BCUT2D eigenvalue weighted by Crippen LogP contribution is -2.05. The Morgan fingerprint density at radius 3 is 2.56 bits per heavy atom. The molecule has 0 saturated heterocycles. The fourth-order valence-electron chi connectivity index (χ4n) is 2.72. The van der Waals surface area contributed by atoms with Crippen molar-refractivity contribution in [2.24, 2.45) is 17.1 Å². The topological polar surface area (TPSA) is 35.2 Å². The normalized spacial score (nSPS) is 26.6. The maximum absolute atomic E-state index is 13.6. The van der Waals surface area contributed by atoms with E-state index in [2.05, 4.69) is 13.8 Å². The lowest BCUT2D eigenvalue weighted by Gasteiger charge is -2.06. The Balaban J connectivity index is 2.27. The zero-order valence-corrected chi connectivity index (χ0v) is 9.96. The van der Waals surface area contributed by atoms with Crippen LogP contribution in [0.15, 0.2) is 18.2 Å². The Labute approximate surface area is 95.6 Å². The number of hydrogen-bond donors (Lipinski definition) is 1. The van der Waals surface area contributed by atoms with Gasteiger partial charge in [0, 0.05) is 0 Å². The maximum atomic E-state index is 13.6. The third kappa shape index (κ3) is 1.59. The third-order valence-electron chi connectivity index (χ3n) is 3.84. The molecule has 2 nitrogen and oxygen atoms in total. The van der Waals surface area contributed by atoms with Crippen LogP contribution in [0, 0.1) is 17.2 Å². The van der Waals surface area contributed by atoms with Gasteiger partial charge in [-0.2, -0.15) is 0 Å². The molecule has 0 radical (unpaired) electrons. The van der Waals surface area contributed by atoms with E-state index in [0.29, 0.717) is 24.1 Å². The highest BCUT2D eigenvalue weighted by atomic mass is 19.1. The van der Waals surface area contributed by atoms with E-state index < -0.39 is 0 Å². The second-order valence-electron chi connectivity index (χ2n) is 5.04. The van der Waals surface area contributed by atoms with Crippen molar-refractivity contribution in [2.75, 3.05) is 13.7 Å². The summed E-state index contributed by atoms with van der Waals surface area (Å²) in [6.07, 6.45) is 0. The van der Waals surface area contributed by atoms with Crippen LogP contribution in [-0.2, 0) is 0 Å². The molecule has 16 heavy (non-hydrogen) atoms. The number of ether oxygens (including phenoxy) is 1. The van der Waals surface area contributed by atoms with Gasteiger partial charge in [-0.25, -0.2) is 4.39 Å². The number of nitrogens with two attached hydrogens (primary N) is 1. The summed E-state index contributed by atoms with van der Waals surface area (Å²) < 4.78 is 18.5. The van der Waals surface area contributed by atoms with Crippen LogP contribution in [0.3, 0.4) is 0 Å². The van der Waals surface area contributed by atoms with E-state index in [1.54, 1.807) is 12.1 Å². The van der Waals surface area contributed by atoms with E-state index in [9.17, 15) is 4.39 Å². The Morgan fingerprint density at radius 1 is 1.44 bits per heavy atom. The van der Waals surface area contributed by atoms with Crippen LogP contribution in [0.4, 0.5) is 4.39 Å². The second-order valence-corrected chi connectivity index (χ2v) is 5.04. The summed E-state index contributed by atoms with van der Waals surface area (Å²) in [5.74, 6) is 0.836. The fraction of sp³-hybridized carbons (Fsp3) is 0.538. The van der Waals surface area contributed by atoms with Gasteiger partial charge in [0.15, 0.2) is 11.6 Å². The molecule has 0 heterocycles. The molecule has 0 amide bonds. The lowest BCUT2D eigenvalue weighted by molar-refractivity contribution is 0.386. The molecule has 1 aliphatic carbocycles. The molecule has 1 aromatic rings. The van der Waals surface area contributed by atoms with E-state index in [1.807, 2.05) is 6.07 Å². The van der Waals surface area contributed by atoms with Gasteiger partial charge in [-0.1, -0.05) is 19.9 Å². The number of halogens is 1. The van der Waals surface area contributed by atoms with Crippen molar-refractivity contribution in [3.05, 3.63) is 29.6 Å². The average Bonchev–Trinajstić information content (AvgIpc) is 2.80. The molecule has 2 N–H and O–H groups in total. The van der Waals surface area contributed by atoms with E-state index >= 15 is 0 Å². The molecule has 88 valence electrons. The highest BCUT2D eigenvalue weighted by Gasteiger charge is 2.57. The number of hydrogen-bond acceptors (Lipinski definition) is 2. The van der Waals surface area contributed by atoms with E-state index in [0.717, 1.165) is 5.56 Å². The van der Waals surface area contributed by atoms with E-state index in [1.165, 1.54) is 7.11 Å². The van der Waals surface area contributed by atoms with Crippen molar-refractivity contribution in [2.45, 2.75) is 19.8 Å². The van der Waals surface area contributed by atoms with Crippen molar-refractivity contribution in [3.63, 3.8) is 0 Å². The first-order chi connectivity index (χ1) is 7.52. The van der Waals surface area contributed by atoms with Gasteiger partial charge in [0.1, 0.15) is 0 Å². The van der Waals surface area contributed by atoms with Crippen LogP contribution in [0.25, 0.3) is 0 Å². The van der Waals surface area contributed by atoms with Gasteiger partial charge in [0.25, 0.3) is 0 Å². The lowest BCUT2D eigenvalue weighted by atomic mass is 10.0. The summed E-state index contributed by atoms with van der Waals surface area (Å²) in [5.41, 5.74) is 6.93. The Kier molecular flexibility index (Phi) is 2.66. The minimum absolute atomic E-state index is 0.190. The zero-order valence-electron chi connectivity index (χ0n) is 9.96. The smallest absolute Gasteiger partial charge is 0.165 e. The van der Waals surface area contributed by atoms with E-state index in [4.69, 9.17) is 10.5 Å². The summed E-state index contributed by atoms with van der Waals surface area (Å²) in [4.78, 5) is 0. The Bertz CT molecular complexity index is 403. The van der Waals surface area contributed by atoms with Crippen LogP contribution >= 0.6 is 0 Å². The van der Waals surface area contributed by atoms with Crippen LogP contribution in [0.5, 0.6) is 5.75 Å². The average molecular weight is 223 g/mol.